The number of hydrogen-bond acceptors (Lipinski definition) is 8. The fraction of sp³-hybridized carbons (Fsp3) is 0.393. The Kier molecular flexibility index (Phi) is 7.09. The predicted octanol–water partition coefficient (Wildman–Crippen LogP) is 3.44. The molecule has 1 aromatic carbocycles. The van der Waals surface area contributed by atoms with Crippen LogP contribution in [0.3, 0.4) is 0 Å². The molecule has 0 saturated carbocycles. The van der Waals surface area contributed by atoms with E-state index in [1.807, 2.05) is 37.3 Å². The first-order valence-electron chi connectivity index (χ1n) is 13.1. The minimum Gasteiger partial charge on any atom is -0.382 e. The van der Waals surface area contributed by atoms with Gasteiger partial charge < -0.3 is 25.2 Å². The lowest BCUT2D eigenvalue weighted by molar-refractivity contribution is -0.119. The largest absolute Gasteiger partial charge is 0.382 e. The van der Waals surface area contributed by atoms with Gasteiger partial charge in [0.2, 0.25) is 5.91 Å². The Morgan fingerprint density at radius 3 is 2.54 bits per heavy atom. The number of nitrogens with one attached hydrogen (secondary N) is 3. The Hall–Kier alpha value is -4.25. The standard InChI is InChI=1S/C28H33N7O4/c1-16(30-27(37)22-15-23(39-34-22)28(3,4)38)18-5-7-19(8-6-18)21-9-12-29-25-24(21)26(33-32-25)35-13-10-20(11-14-35)31-17(2)36/h5-9,12,15-16,20,38H,10-11,13-14H2,1-4H3,(H,30,37)(H,31,36)(H,29,32,33). The summed E-state index contributed by atoms with van der Waals surface area (Å²) in [4.78, 5) is 30.8. The molecule has 0 radical (unpaired) electrons. The second kappa shape index (κ2) is 10.5. The summed E-state index contributed by atoms with van der Waals surface area (Å²) in [5, 5.41) is 28.4. The molecule has 4 heterocycles. The first-order chi connectivity index (χ1) is 18.6. The number of rotatable bonds is 7. The van der Waals surface area contributed by atoms with Crippen LogP contribution >= 0.6 is 0 Å². The first-order valence-corrected chi connectivity index (χ1v) is 13.1. The molecule has 2 amide bonds. The van der Waals surface area contributed by atoms with Crippen LogP contribution in [0.25, 0.3) is 22.2 Å². The van der Waals surface area contributed by atoms with Gasteiger partial charge in [0.25, 0.3) is 5.91 Å². The van der Waals surface area contributed by atoms with Crippen LogP contribution in [0.2, 0.25) is 0 Å². The van der Waals surface area contributed by atoms with E-state index >= 15 is 0 Å². The Morgan fingerprint density at radius 1 is 1.18 bits per heavy atom. The van der Waals surface area contributed by atoms with Gasteiger partial charge in [-0.05, 0) is 56.4 Å². The number of fused-ring (bicyclic) bond motifs is 1. The lowest BCUT2D eigenvalue weighted by atomic mass is 9.99. The molecule has 3 aromatic heterocycles. The van der Waals surface area contributed by atoms with Crippen LogP contribution in [0.4, 0.5) is 5.82 Å². The normalized spacial score (nSPS) is 15.4. The van der Waals surface area contributed by atoms with Crippen molar-refractivity contribution in [2.24, 2.45) is 0 Å². The van der Waals surface area contributed by atoms with Crippen molar-refractivity contribution in [1.82, 2.24) is 31.0 Å². The fourth-order valence-electron chi connectivity index (χ4n) is 4.90. The number of piperidine rings is 1. The van der Waals surface area contributed by atoms with Crippen LogP contribution in [0.1, 0.15) is 68.4 Å². The van der Waals surface area contributed by atoms with Gasteiger partial charge in [-0.2, -0.15) is 5.10 Å². The first kappa shape index (κ1) is 26.4. The predicted molar refractivity (Wildman–Crippen MR) is 146 cm³/mol. The summed E-state index contributed by atoms with van der Waals surface area (Å²) in [5.74, 6) is 0.702. The molecule has 11 heteroatoms. The van der Waals surface area contributed by atoms with Crippen molar-refractivity contribution in [3.05, 3.63) is 59.6 Å². The summed E-state index contributed by atoms with van der Waals surface area (Å²) in [5.41, 5.74) is 2.56. The van der Waals surface area contributed by atoms with Crippen LogP contribution in [0.15, 0.2) is 47.1 Å². The lowest BCUT2D eigenvalue weighted by Gasteiger charge is -2.32. The molecule has 1 aliphatic heterocycles. The number of hydrogen-bond donors (Lipinski definition) is 4. The molecule has 1 unspecified atom stereocenters. The maximum absolute atomic E-state index is 12.7. The summed E-state index contributed by atoms with van der Waals surface area (Å²) < 4.78 is 5.11. The average molecular weight is 532 g/mol. The topological polar surface area (TPSA) is 149 Å². The van der Waals surface area contributed by atoms with Crippen LogP contribution in [0.5, 0.6) is 0 Å². The highest BCUT2D eigenvalue weighted by atomic mass is 16.5. The number of H-pyrrole nitrogens is 1. The van der Waals surface area contributed by atoms with Crippen molar-refractivity contribution in [2.75, 3.05) is 18.0 Å². The lowest BCUT2D eigenvalue weighted by Crippen LogP contribution is -2.44. The Bertz CT molecular complexity index is 1480. The van der Waals surface area contributed by atoms with Crippen LogP contribution in [0, 0.1) is 0 Å². The van der Waals surface area contributed by atoms with Gasteiger partial charge in [-0.25, -0.2) is 4.98 Å². The number of carbonyl (C=O) groups excluding carboxylic acids is 2. The van der Waals surface area contributed by atoms with Gasteiger partial charge >= 0.3 is 0 Å². The van der Waals surface area contributed by atoms with E-state index in [9.17, 15) is 14.7 Å². The maximum Gasteiger partial charge on any atom is 0.273 e. The molecule has 4 N–H and O–H groups in total. The van der Waals surface area contributed by atoms with Crippen molar-refractivity contribution in [3.8, 4) is 11.1 Å². The van der Waals surface area contributed by atoms with E-state index in [2.05, 4.69) is 35.9 Å². The molecule has 0 bridgehead atoms. The Balaban J connectivity index is 1.32. The Labute approximate surface area is 226 Å². The molecule has 0 spiro atoms. The van der Waals surface area contributed by atoms with Crippen LogP contribution in [-0.2, 0) is 10.4 Å². The summed E-state index contributed by atoms with van der Waals surface area (Å²) in [6.45, 7) is 8.16. The third-order valence-corrected chi connectivity index (χ3v) is 7.06. The van der Waals surface area contributed by atoms with E-state index in [0.29, 0.717) is 5.65 Å². The third-order valence-electron chi connectivity index (χ3n) is 7.06. The zero-order valence-electron chi connectivity index (χ0n) is 22.5. The molecule has 1 atom stereocenters. The van der Waals surface area contributed by atoms with Gasteiger partial charge in [0.1, 0.15) is 5.60 Å². The number of aromatic amines is 1. The zero-order valence-corrected chi connectivity index (χ0v) is 22.5. The number of aromatic nitrogens is 4. The molecule has 0 aliphatic carbocycles. The van der Waals surface area contributed by atoms with E-state index in [4.69, 9.17) is 4.52 Å². The van der Waals surface area contributed by atoms with Gasteiger partial charge in [0.15, 0.2) is 22.9 Å². The van der Waals surface area contributed by atoms with Crippen molar-refractivity contribution >= 4 is 28.7 Å². The van der Waals surface area contributed by atoms with Crippen LogP contribution in [-0.4, -0.2) is 56.4 Å². The van der Waals surface area contributed by atoms with Gasteiger partial charge in [-0.3, -0.25) is 14.7 Å². The third kappa shape index (κ3) is 5.63. The highest BCUT2D eigenvalue weighted by Crippen LogP contribution is 2.35. The fourth-order valence-corrected chi connectivity index (χ4v) is 4.90. The highest BCUT2D eigenvalue weighted by molar-refractivity contribution is 6.00. The van der Waals surface area contributed by atoms with E-state index in [1.54, 1.807) is 27.0 Å². The number of carbonyl (C=O) groups is 2. The molecule has 4 aromatic rings. The summed E-state index contributed by atoms with van der Waals surface area (Å²) in [6.07, 6.45) is 3.48. The molecule has 204 valence electrons. The SMILES string of the molecule is CC(=O)NC1CCN(c2n[nH]c3nccc(-c4ccc(C(C)NC(=O)c5cc(C(C)(C)O)on5)cc4)c23)CC1. The van der Waals surface area contributed by atoms with Gasteiger partial charge in [0.05, 0.1) is 11.4 Å². The van der Waals surface area contributed by atoms with Crippen LogP contribution < -0.4 is 15.5 Å². The molecule has 1 aliphatic rings. The minimum absolute atomic E-state index is 0.000471. The summed E-state index contributed by atoms with van der Waals surface area (Å²) in [7, 11) is 0. The number of aliphatic hydroxyl groups is 1. The summed E-state index contributed by atoms with van der Waals surface area (Å²) in [6, 6.07) is 11.3. The minimum atomic E-state index is -1.22. The number of pyridine rings is 1. The quantitative estimate of drug-likeness (QED) is 0.283. The molecule has 1 fully saturated rings. The monoisotopic (exact) mass is 531 g/mol. The van der Waals surface area contributed by atoms with E-state index in [1.165, 1.54) is 6.07 Å². The van der Waals surface area contributed by atoms with E-state index in [-0.39, 0.29) is 35.4 Å². The number of amides is 2. The van der Waals surface area contributed by atoms with Gasteiger partial charge in [-0.1, -0.05) is 29.4 Å². The zero-order chi connectivity index (χ0) is 27.7. The molecule has 11 nitrogen and oxygen atoms in total. The molecular weight excluding hydrogens is 498 g/mol. The second-order valence-corrected chi connectivity index (χ2v) is 10.5. The van der Waals surface area contributed by atoms with E-state index in [0.717, 1.165) is 53.8 Å². The van der Waals surface area contributed by atoms with Gasteiger partial charge in [0, 0.05) is 38.3 Å². The molecule has 1 saturated heterocycles. The number of nitrogens with zero attached hydrogens (tertiary/aromatic N) is 4. The highest BCUT2D eigenvalue weighted by Gasteiger charge is 2.26. The summed E-state index contributed by atoms with van der Waals surface area (Å²) >= 11 is 0. The smallest absolute Gasteiger partial charge is 0.273 e. The Morgan fingerprint density at radius 2 is 1.90 bits per heavy atom. The molecule has 5 rings (SSSR count). The second-order valence-electron chi connectivity index (χ2n) is 10.5. The van der Waals surface area contributed by atoms with E-state index < -0.39 is 5.60 Å². The average Bonchev–Trinajstić information content (AvgIpc) is 3.57. The number of benzene rings is 1. The van der Waals surface area contributed by atoms with Crippen molar-refractivity contribution in [3.63, 3.8) is 0 Å². The molecule has 39 heavy (non-hydrogen) atoms. The maximum atomic E-state index is 12.7. The van der Waals surface area contributed by atoms with Gasteiger partial charge in [-0.15, -0.1) is 0 Å². The van der Waals surface area contributed by atoms with Crippen molar-refractivity contribution < 1.29 is 19.2 Å². The van der Waals surface area contributed by atoms with Crippen molar-refractivity contribution in [2.45, 2.75) is 58.2 Å². The van der Waals surface area contributed by atoms with Crippen molar-refractivity contribution in [1.29, 1.82) is 0 Å². The molecular formula is C28H33N7O4. The number of anilines is 1.